The van der Waals surface area contributed by atoms with Gasteiger partial charge in [-0.05, 0) is 54.4 Å². The van der Waals surface area contributed by atoms with Gasteiger partial charge in [-0.2, -0.15) is 8.42 Å². The summed E-state index contributed by atoms with van der Waals surface area (Å²) in [5, 5.41) is 21.5. The summed E-state index contributed by atoms with van der Waals surface area (Å²) < 4.78 is 33.5. The molecule has 40 heavy (non-hydrogen) atoms. The third-order valence-electron chi connectivity index (χ3n) is 6.06. The molecule has 0 atom stereocenters. The minimum atomic E-state index is -4.52. The van der Waals surface area contributed by atoms with E-state index in [1.807, 2.05) is 0 Å². The van der Waals surface area contributed by atoms with E-state index in [1.165, 1.54) is 6.07 Å². The lowest BCUT2D eigenvalue weighted by Crippen LogP contribution is -2.25. The molecule has 4 aromatic carbocycles. The Labute approximate surface area is 228 Å². The van der Waals surface area contributed by atoms with Crippen LogP contribution < -0.4 is 21.9 Å². The van der Waals surface area contributed by atoms with E-state index in [-0.39, 0.29) is 28.1 Å². The number of hydrazine groups is 1. The van der Waals surface area contributed by atoms with Gasteiger partial charge in [0.1, 0.15) is 4.90 Å². The van der Waals surface area contributed by atoms with Crippen molar-refractivity contribution in [2.24, 2.45) is 5.92 Å². The second-order valence-electron chi connectivity index (χ2n) is 8.77. The van der Waals surface area contributed by atoms with Gasteiger partial charge in [-0.25, -0.2) is 0 Å². The Morgan fingerprint density at radius 2 is 1.38 bits per heavy atom. The molecule has 1 amide bonds. The SMILES string of the molecule is Nc1c(NNc2ccc(C(=O)Nc3ccc(CC(C(=O)O)C(=O)O)cc3)cc2)cc(S(=O)(=O)O)c2ccccc12. The van der Waals surface area contributed by atoms with Crippen LogP contribution in [0.1, 0.15) is 15.9 Å². The molecule has 12 nitrogen and oxygen atoms in total. The fourth-order valence-corrected chi connectivity index (χ4v) is 4.69. The van der Waals surface area contributed by atoms with Crippen LogP contribution in [0.5, 0.6) is 0 Å². The van der Waals surface area contributed by atoms with Gasteiger partial charge in [0.15, 0.2) is 5.92 Å². The van der Waals surface area contributed by atoms with Crippen LogP contribution in [-0.2, 0) is 26.1 Å². The maximum atomic E-state index is 12.6. The highest BCUT2D eigenvalue weighted by atomic mass is 32.2. The van der Waals surface area contributed by atoms with Crippen LogP contribution in [0, 0.1) is 5.92 Å². The van der Waals surface area contributed by atoms with E-state index in [0.717, 1.165) is 0 Å². The molecule has 0 unspecified atom stereocenters. The standard InChI is InChI=1S/C27H24N4O8S/c28-24-20-4-2-1-3-19(20)23(40(37,38)39)14-22(24)31-30-18-11-7-16(8-12-18)25(32)29-17-9-5-15(6-10-17)13-21(26(33)34)27(35)36/h1-12,14,21,30-31H,13,28H2,(H,29,32)(H,33,34)(H,35,36)(H,37,38,39). The summed E-state index contributed by atoms with van der Waals surface area (Å²) in [6.45, 7) is 0. The Morgan fingerprint density at radius 3 is 1.95 bits per heavy atom. The fraction of sp³-hybridized carbons (Fsp3) is 0.0741. The molecule has 0 aliphatic carbocycles. The number of nitrogens with two attached hydrogens (primary N) is 1. The van der Waals surface area contributed by atoms with Crippen molar-refractivity contribution in [2.75, 3.05) is 21.9 Å². The molecule has 13 heteroatoms. The molecule has 0 fully saturated rings. The summed E-state index contributed by atoms with van der Waals surface area (Å²) >= 11 is 0. The number of rotatable bonds is 10. The zero-order valence-corrected chi connectivity index (χ0v) is 21.5. The highest BCUT2D eigenvalue weighted by Gasteiger charge is 2.26. The van der Waals surface area contributed by atoms with E-state index >= 15 is 0 Å². The first-order valence-electron chi connectivity index (χ1n) is 11.7. The number of carbonyl (C=O) groups excluding carboxylic acids is 1. The van der Waals surface area contributed by atoms with Crippen molar-refractivity contribution in [1.82, 2.24) is 0 Å². The number of aliphatic carboxylic acids is 2. The number of amides is 1. The molecule has 4 rings (SSSR count). The predicted molar refractivity (Wildman–Crippen MR) is 149 cm³/mol. The Balaban J connectivity index is 1.41. The average molecular weight is 565 g/mol. The lowest BCUT2D eigenvalue weighted by Gasteiger charge is -2.16. The first-order chi connectivity index (χ1) is 18.9. The number of hydrogen-bond acceptors (Lipinski definition) is 8. The average Bonchev–Trinajstić information content (AvgIpc) is 2.91. The van der Waals surface area contributed by atoms with Crippen LogP contribution in [0.4, 0.5) is 22.7 Å². The monoisotopic (exact) mass is 564 g/mol. The van der Waals surface area contributed by atoms with Crippen molar-refractivity contribution >= 4 is 61.5 Å². The summed E-state index contributed by atoms with van der Waals surface area (Å²) in [6, 6.07) is 20.2. The fourth-order valence-electron chi connectivity index (χ4n) is 3.97. The Kier molecular flexibility index (Phi) is 7.88. The lowest BCUT2D eigenvalue weighted by atomic mass is 9.99. The molecule has 0 saturated heterocycles. The van der Waals surface area contributed by atoms with E-state index in [2.05, 4.69) is 16.2 Å². The van der Waals surface area contributed by atoms with E-state index < -0.39 is 33.9 Å². The maximum absolute atomic E-state index is 12.6. The predicted octanol–water partition coefficient (Wildman–Crippen LogP) is 3.69. The number of carboxylic acids is 2. The van der Waals surface area contributed by atoms with Crippen LogP contribution in [-0.4, -0.2) is 41.0 Å². The molecule has 0 bridgehead atoms. The van der Waals surface area contributed by atoms with Gasteiger partial charge in [-0.1, -0.05) is 36.4 Å². The summed E-state index contributed by atoms with van der Waals surface area (Å²) in [5.41, 5.74) is 14.2. The number of nitrogen functional groups attached to an aromatic ring is 1. The highest BCUT2D eigenvalue weighted by Crippen LogP contribution is 2.34. The first-order valence-corrected chi connectivity index (χ1v) is 13.1. The minimum Gasteiger partial charge on any atom is -0.481 e. The summed E-state index contributed by atoms with van der Waals surface area (Å²) in [7, 11) is -4.52. The Hall–Kier alpha value is -5.14. The Bertz CT molecular complexity index is 1690. The van der Waals surface area contributed by atoms with Crippen LogP contribution >= 0.6 is 0 Å². The molecule has 0 aliphatic rings. The maximum Gasteiger partial charge on any atom is 0.318 e. The zero-order chi connectivity index (χ0) is 29.0. The van der Waals surface area contributed by atoms with Crippen LogP contribution in [0.25, 0.3) is 10.8 Å². The number of nitrogens with one attached hydrogen (secondary N) is 3. The van der Waals surface area contributed by atoms with E-state index in [4.69, 9.17) is 15.9 Å². The van der Waals surface area contributed by atoms with Gasteiger partial charge >= 0.3 is 11.9 Å². The number of anilines is 4. The van der Waals surface area contributed by atoms with E-state index in [0.29, 0.717) is 27.9 Å². The molecule has 0 saturated carbocycles. The molecule has 0 spiro atoms. The topological polar surface area (TPSA) is 208 Å². The summed E-state index contributed by atoms with van der Waals surface area (Å²) in [4.78, 5) is 34.5. The third-order valence-corrected chi connectivity index (χ3v) is 6.96. The normalized spacial score (nSPS) is 11.2. The molecule has 4 aromatic rings. The summed E-state index contributed by atoms with van der Waals surface area (Å²) in [5.74, 6) is -4.84. The third kappa shape index (κ3) is 6.28. The number of fused-ring (bicyclic) bond motifs is 1. The zero-order valence-electron chi connectivity index (χ0n) is 20.7. The first kappa shape index (κ1) is 27.9. The quantitative estimate of drug-likeness (QED) is 0.0639. The van der Waals surface area contributed by atoms with Crippen LogP contribution in [0.3, 0.4) is 0 Å². The van der Waals surface area contributed by atoms with Gasteiger partial charge in [0.25, 0.3) is 16.0 Å². The second-order valence-corrected chi connectivity index (χ2v) is 10.2. The molecular weight excluding hydrogens is 540 g/mol. The number of benzene rings is 4. The molecule has 8 N–H and O–H groups in total. The molecule has 0 aliphatic heterocycles. The van der Waals surface area contributed by atoms with E-state index in [9.17, 15) is 27.4 Å². The van der Waals surface area contributed by atoms with Crippen molar-refractivity contribution in [3.8, 4) is 0 Å². The van der Waals surface area contributed by atoms with Gasteiger partial charge in [-0.3, -0.25) is 24.4 Å². The molecule has 206 valence electrons. The van der Waals surface area contributed by atoms with Crippen molar-refractivity contribution in [3.63, 3.8) is 0 Å². The van der Waals surface area contributed by atoms with Crippen molar-refractivity contribution < 1.29 is 37.6 Å². The van der Waals surface area contributed by atoms with Crippen LogP contribution in [0.2, 0.25) is 0 Å². The molecule has 0 heterocycles. The molecule has 0 aromatic heterocycles. The van der Waals surface area contributed by atoms with Crippen LogP contribution in [0.15, 0.2) is 83.8 Å². The van der Waals surface area contributed by atoms with Gasteiger partial charge in [0, 0.05) is 22.0 Å². The number of carboxylic acid groups (broad SMARTS) is 2. The number of hydrogen-bond donors (Lipinski definition) is 7. The molecule has 0 radical (unpaired) electrons. The molecular formula is C27H24N4O8S. The largest absolute Gasteiger partial charge is 0.481 e. The van der Waals surface area contributed by atoms with Gasteiger partial charge < -0.3 is 26.7 Å². The van der Waals surface area contributed by atoms with Crippen molar-refractivity contribution in [2.45, 2.75) is 11.3 Å². The van der Waals surface area contributed by atoms with Gasteiger partial charge in [0.2, 0.25) is 0 Å². The second kappa shape index (κ2) is 11.3. The van der Waals surface area contributed by atoms with Gasteiger partial charge in [-0.15, -0.1) is 0 Å². The minimum absolute atomic E-state index is 0.191. The van der Waals surface area contributed by atoms with Crippen molar-refractivity contribution in [1.29, 1.82) is 0 Å². The van der Waals surface area contributed by atoms with Gasteiger partial charge in [0.05, 0.1) is 17.1 Å². The van der Waals surface area contributed by atoms with E-state index in [1.54, 1.807) is 72.8 Å². The highest BCUT2D eigenvalue weighted by molar-refractivity contribution is 7.86. The smallest absolute Gasteiger partial charge is 0.318 e. The Morgan fingerprint density at radius 1 is 0.800 bits per heavy atom. The number of carbonyl (C=O) groups is 3. The lowest BCUT2D eigenvalue weighted by molar-refractivity contribution is -0.154. The summed E-state index contributed by atoms with van der Waals surface area (Å²) in [6.07, 6.45) is -0.191. The van der Waals surface area contributed by atoms with Crippen molar-refractivity contribution in [3.05, 3.63) is 90.0 Å².